The van der Waals surface area contributed by atoms with E-state index in [1.54, 1.807) is 0 Å². The average molecular weight is 165 g/mol. The van der Waals surface area contributed by atoms with E-state index in [4.69, 9.17) is 10.5 Å². The molecular weight excluding hydrogens is 154 g/mol. The van der Waals surface area contributed by atoms with Crippen LogP contribution in [-0.2, 0) is 9.53 Å². The fourth-order valence-corrected chi connectivity index (χ4v) is 1.50. The Labute approximate surface area is 70.9 Å². The van der Waals surface area contributed by atoms with E-state index in [0.29, 0.717) is 6.42 Å². The van der Waals surface area contributed by atoms with E-state index in [2.05, 4.69) is 6.08 Å². The monoisotopic (exact) mass is 165 g/mol. The maximum Gasteiger partial charge on any atom is 0.328 e. The van der Waals surface area contributed by atoms with Crippen LogP contribution in [0.4, 0.5) is 0 Å². The molecule has 0 aromatic heterocycles. The molecule has 0 radical (unpaired) electrons. The predicted octanol–water partition coefficient (Wildman–Crippen LogP) is 0.865. The van der Waals surface area contributed by atoms with Crippen LogP contribution >= 0.6 is 0 Å². The summed E-state index contributed by atoms with van der Waals surface area (Å²) in [5.74, 6) is 0.424. The lowest BCUT2D eigenvalue weighted by molar-refractivity contribution is -0.142. The number of esters is 1. The third-order valence-electron chi connectivity index (χ3n) is 2.16. The molecule has 1 atom stereocenters. The van der Waals surface area contributed by atoms with Gasteiger partial charge in [-0.05, 0) is 24.5 Å². The van der Waals surface area contributed by atoms with Gasteiger partial charge in [-0.2, -0.15) is 0 Å². The fraction of sp³-hybridized carbons (Fsp3) is 0.444. The third kappa shape index (κ3) is 1.16. The van der Waals surface area contributed by atoms with Crippen LogP contribution in [0.3, 0.4) is 0 Å². The Bertz CT molecular complexity index is 278. The van der Waals surface area contributed by atoms with Crippen molar-refractivity contribution in [2.75, 3.05) is 0 Å². The van der Waals surface area contributed by atoms with Crippen molar-refractivity contribution >= 4 is 5.97 Å². The van der Waals surface area contributed by atoms with E-state index in [0.717, 1.165) is 24.2 Å². The summed E-state index contributed by atoms with van der Waals surface area (Å²) in [5.41, 5.74) is 6.63. The Morgan fingerprint density at radius 2 is 2.17 bits per heavy atom. The summed E-state index contributed by atoms with van der Waals surface area (Å²) < 4.78 is 5.03. The molecule has 1 aliphatic carbocycles. The Balaban J connectivity index is 2.24. The van der Waals surface area contributed by atoms with Crippen molar-refractivity contribution in [2.45, 2.75) is 25.3 Å². The van der Waals surface area contributed by atoms with Gasteiger partial charge in [0, 0.05) is 6.42 Å². The fourth-order valence-electron chi connectivity index (χ4n) is 1.50. The summed E-state index contributed by atoms with van der Waals surface area (Å²) in [6.45, 7) is 0. The van der Waals surface area contributed by atoms with Crippen LogP contribution in [0.5, 0.6) is 0 Å². The van der Waals surface area contributed by atoms with E-state index in [1.807, 2.05) is 6.08 Å². The van der Waals surface area contributed by atoms with Gasteiger partial charge in [-0.25, -0.2) is 4.79 Å². The van der Waals surface area contributed by atoms with Gasteiger partial charge in [0.15, 0.2) is 0 Å². The van der Waals surface area contributed by atoms with Crippen LogP contribution in [0, 0.1) is 0 Å². The van der Waals surface area contributed by atoms with Crippen molar-refractivity contribution in [3.63, 3.8) is 0 Å². The highest BCUT2D eigenvalue weighted by atomic mass is 16.5. The van der Waals surface area contributed by atoms with Gasteiger partial charge < -0.3 is 10.5 Å². The smallest absolute Gasteiger partial charge is 0.328 e. The number of hydrogen-bond donors (Lipinski definition) is 1. The summed E-state index contributed by atoms with van der Waals surface area (Å²) in [4.78, 5) is 11.0. The number of rotatable bonds is 0. The molecule has 3 heteroatoms. The third-order valence-corrected chi connectivity index (χ3v) is 2.16. The van der Waals surface area contributed by atoms with Gasteiger partial charge in [-0.15, -0.1) is 0 Å². The molecule has 1 aliphatic heterocycles. The molecule has 0 aromatic rings. The Morgan fingerprint density at radius 1 is 1.42 bits per heavy atom. The zero-order valence-electron chi connectivity index (χ0n) is 6.75. The van der Waals surface area contributed by atoms with Crippen LogP contribution < -0.4 is 5.73 Å². The minimum atomic E-state index is -0.466. The first kappa shape index (κ1) is 7.55. The SMILES string of the molecule is NC1CC2=CCCC=C2OC1=O. The maximum atomic E-state index is 11.0. The van der Waals surface area contributed by atoms with E-state index in [-0.39, 0.29) is 5.97 Å². The topological polar surface area (TPSA) is 52.3 Å². The number of fused-ring (bicyclic) bond motifs is 1. The minimum absolute atomic E-state index is 0.305. The van der Waals surface area contributed by atoms with Crippen molar-refractivity contribution in [3.8, 4) is 0 Å². The molecule has 0 amide bonds. The van der Waals surface area contributed by atoms with Crippen molar-refractivity contribution in [1.29, 1.82) is 0 Å². The summed E-state index contributed by atoms with van der Waals surface area (Å²) in [6.07, 6.45) is 6.68. The number of carbonyl (C=O) groups is 1. The van der Waals surface area contributed by atoms with E-state index >= 15 is 0 Å². The van der Waals surface area contributed by atoms with E-state index in [1.165, 1.54) is 0 Å². The van der Waals surface area contributed by atoms with Crippen LogP contribution in [0.25, 0.3) is 0 Å². The standard InChI is InChI=1S/C9H11NO2/c10-7-5-6-3-1-2-4-8(6)12-9(7)11/h3-4,7H,1-2,5,10H2. The molecule has 12 heavy (non-hydrogen) atoms. The van der Waals surface area contributed by atoms with Gasteiger partial charge >= 0.3 is 5.97 Å². The molecule has 2 rings (SSSR count). The van der Waals surface area contributed by atoms with Crippen molar-refractivity contribution < 1.29 is 9.53 Å². The number of hydrogen-bond acceptors (Lipinski definition) is 3. The molecule has 64 valence electrons. The zero-order valence-corrected chi connectivity index (χ0v) is 6.75. The minimum Gasteiger partial charge on any atom is -0.425 e. The first-order valence-corrected chi connectivity index (χ1v) is 4.14. The highest BCUT2D eigenvalue weighted by molar-refractivity contribution is 5.79. The molecule has 1 unspecified atom stereocenters. The second kappa shape index (κ2) is 2.75. The Kier molecular flexibility index (Phi) is 1.73. The van der Waals surface area contributed by atoms with Gasteiger partial charge in [-0.1, -0.05) is 6.08 Å². The highest BCUT2D eigenvalue weighted by Crippen LogP contribution is 2.27. The average Bonchev–Trinajstić information content (AvgIpc) is 2.07. The Hall–Kier alpha value is -1.09. The molecule has 0 aromatic carbocycles. The molecule has 0 bridgehead atoms. The van der Waals surface area contributed by atoms with Gasteiger partial charge in [0.1, 0.15) is 11.8 Å². The number of ether oxygens (including phenoxy) is 1. The van der Waals surface area contributed by atoms with Crippen LogP contribution in [0.15, 0.2) is 23.5 Å². The summed E-state index contributed by atoms with van der Waals surface area (Å²) in [6, 6.07) is -0.466. The van der Waals surface area contributed by atoms with Crippen molar-refractivity contribution in [1.82, 2.24) is 0 Å². The van der Waals surface area contributed by atoms with Crippen LogP contribution in [-0.4, -0.2) is 12.0 Å². The maximum absolute atomic E-state index is 11.0. The first-order valence-electron chi connectivity index (χ1n) is 4.14. The molecule has 0 saturated carbocycles. The number of carbonyl (C=O) groups excluding carboxylic acids is 1. The predicted molar refractivity (Wildman–Crippen MR) is 44.1 cm³/mol. The molecule has 1 fully saturated rings. The number of allylic oxidation sites excluding steroid dienone is 3. The molecule has 3 nitrogen and oxygen atoms in total. The van der Waals surface area contributed by atoms with Crippen LogP contribution in [0.1, 0.15) is 19.3 Å². The second-order valence-corrected chi connectivity index (χ2v) is 3.11. The molecule has 0 spiro atoms. The number of nitrogens with two attached hydrogens (primary N) is 1. The van der Waals surface area contributed by atoms with Crippen molar-refractivity contribution in [2.24, 2.45) is 5.73 Å². The lowest BCUT2D eigenvalue weighted by Gasteiger charge is -2.24. The van der Waals surface area contributed by atoms with E-state index < -0.39 is 6.04 Å². The van der Waals surface area contributed by atoms with Gasteiger partial charge in [0.2, 0.25) is 0 Å². The van der Waals surface area contributed by atoms with Gasteiger partial charge in [-0.3, -0.25) is 0 Å². The highest BCUT2D eigenvalue weighted by Gasteiger charge is 2.27. The first-order chi connectivity index (χ1) is 5.77. The van der Waals surface area contributed by atoms with Crippen molar-refractivity contribution in [3.05, 3.63) is 23.5 Å². The van der Waals surface area contributed by atoms with Gasteiger partial charge in [0.05, 0.1) is 0 Å². The molecule has 1 heterocycles. The largest absolute Gasteiger partial charge is 0.425 e. The normalized spacial score (nSPS) is 28.4. The lowest BCUT2D eigenvalue weighted by atomic mass is 9.96. The van der Waals surface area contributed by atoms with Gasteiger partial charge in [0.25, 0.3) is 0 Å². The summed E-state index contributed by atoms with van der Waals surface area (Å²) in [7, 11) is 0. The molecular formula is C9H11NO2. The Morgan fingerprint density at radius 3 is 3.00 bits per heavy atom. The second-order valence-electron chi connectivity index (χ2n) is 3.11. The van der Waals surface area contributed by atoms with Crippen LogP contribution in [0.2, 0.25) is 0 Å². The van der Waals surface area contributed by atoms with E-state index in [9.17, 15) is 4.79 Å². The zero-order chi connectivity index (χ0) is 8.55. The quantitative estimate of drug-likeness (QED) is 0.542. The molecule has 1 saturated heterocycles. The molecule has 2 aliphatic rings. The lowest BCUT2D eigenvalue weighted by Crippen LogP contribution is -2.37. The summed E-state index contributed by atoms with van der Waals surface area (Å²) >= 11 is 0. The molecule has 2 N–H and O–H groups in total. The summed E-state index contributed by atoms with van der Waals surface area (Å²) in [5, 5.41) is 0.